The van der Waals surface area contributed by atoms with Gasteiger partial charge in [-0.05, 0) is 44.5 Å². The van der Waals surface area contributed by atoms with Gasteiger partial charge in [-0.3, -0.25) is 14.0 Å². The minimum atomic E-state index is -3.23. The van der Waals surface area contributed by atoms with Gasteiger partial charge in [-0.25, -0.2) is 8.42 Å². The number of benzene rings is 2. The van der Waals surface area contributed by atoms with Crippen molar-refractivity contribution >= 4 is 21.6 Å². The standard InChI is InChI=1S/C25H29N5O4S/c1-18-4-6-20(7-5-18)23-26-24(34-27-23)19(2)28-13-15-29(16-14-28)25(31)21-8-10-22(11-9-21)30-12-3-17-35(30,32)33/h4-11,19H,3,12-17H2,1-2H3. The number of nitrogens with zero attached hydrogens (tertiary/aromatic N) is 5. The molecule has 9 nitrogen and oxygen atoms in total. The Kier molecular flexibility index (Phi) is 6.33. The van der Waals surface area contributed by atoms with Crippen molar-refractivity contribution in [2.75, 3.05) is 42.8 Å². The van der Waals surface area contributed by atoms with Crippen molar-refractivity contribution in [3.8, 4) is 11.4 Å². The average molecular weight is 496 g/mol. The summed E-state index contributed by atoms with van der Waals surface area (Å²) in [5.41, 5.74) is 3.27. The molecule has 0 aliphatic carbocycles. The van der Waals surface area contributed by atoms with Crippen LogP contribution in [0.2, 0.25) is 0 Å². The first-order chi connectivity index (χ1) is 16.8. The van der Waals surface area contributed by atoms with Gasteiger partial charge in [0, 0.05) is 43.9 Å². The summed E-state index contributed by atoms with van der Waals surface area (Å²) in [6, 6.07) is 14.8. The molecule has 0 bridgehead atoms. The zero-order valence-corrected chi connectivity index (χ0v) is 20.7. The van der Waals surface area contributed by atoms with Gasteiger partial charge < -0.3 is 9.42 Å². The third-order valence-electron chi connectivity index (χ3n) is 6.76. The fraction of sp³-hybridized carbons (Fsp3) is 0.400. The molecule has 10 heteroatoms. The average Bonchev–Trinajstić information content (AvgIpc) is 3.50. The summed E-state index contributed by atoms with van der Waals surface area (Å²) < 4.78 is 31.2. The third kappa shape index (κ3) is 4.81. The van der Waals surface area contributed by atoms with Crippen LogP contribution in [0.15, 0.2) is 53.1 Å². The van der Waals surface area contributed by atoms with Crippen LogP contribution in [0.4, 0.5) is 5.69 Å². The highest BCUT2D eigenvalue weighted by atomic mass is 32.2. The van der Waals surface area contributed by atoms with Gasteiger partial charge in [0.1, 0.15) is 0 Å². The number of piperazine rings is 1. The van der Waals surface area contributed by atoms with Crippen molar-refractivity contribution in [2.24, 2.45) is 0 Å². The fourth-order valence-corrected chi connectivity index (χ4v) is 6.14. The van der Waals surface area contributed by atoms with E-state index >= 15 is 0 Å². The topological polar surface area (TPSA) is 99.9 Å². The van der Waals surface area contributed by atoms with Gasteiger partial charge >= 0.3 is 0 Å². The second kappa shape index (κ2) is 9.43. The lowest BCUT2D eigenvalue weighted by molar-refractivity contribution is 0.0551. The van der Waals surface area contributed by atoms with E-state index in [4.69, 9.17) is 4.52 Å². The minimum Gasteiger partial charge on any atom is -0.337 e. The van der Waals surface area contributed by atoms with Crippen LogP contribution < -0.4 is 4.31 Å². The molecular weight excluding hydrogens is 466 g/mol. The lowest BCUT2D eigenvalue weighted by atomic mass is 10.1. The quantitative estimate of drug-likeness (QED) is 0.536. The highest BCUT2D eigenvalue weighted by Crippen LogP contribution is 2.26. The summed E-state index contributed by atoms with van der Waals surface area (Å²) in [6.07, 6.45) is 0.628. The number of hydrogen-bond donors (Lipinski definition) is 0. The number of aromatic nitrogens is 2. The molecule has 2 saturated heterocycles. The summed E-state index contributed by atoms with van der Waals surface area (Å²) >= 11 is 0. The van der Waals surface area contributed by atoms with E-state index in [2.05, 4.69) is 15.0 Å². The van der Waals surface area contributed by atoms with Crippen LogP contribution in [0, 0.1) is 6.92 Å². The number of carbonyl (C=O) groups is 1. The second-order valence-corrected chi connectivity index (χ2v) is 11.1. The summed E-state index contributed by atoms with van der Waals surface area (Å²) in [6.45, 7) is 7.12. The monoisotopic (exact) mass is 495 g/mol. The van der Waals surface area contributed by atoms with Gasteiger partial charge in [0.2, 0.25) is 21.7 Å². The maximum absolute atomic E-state index is 13.0. The van der Waals surface area contributed by atoms with Crippen LogP contribution in [-0.4, -0.2) is 72.7 Å². The van der Waals surface area contributed by atoms with E-state index in [0.29, 0.717) is 62.1 Å². The SMILES string of the molecule is Cc1ccc(-c2noc(C(C)N3CCN(C(=O)c4ccc(N5CCCS5(=O)=O)cc4)CC3)n2)cc1. The molecule has 3 heterocycles. The maximum atomic E-state index is 13.0. The van der Waals surface area contributed by atoms with Gasteiger partial charge in [-0.15, -0.1) is 0 Å². The smallest absolute Gasteiger partial charge is 0.253 e. The molecule has 184 valence electrons. The Morgan fingerprint density at radius 1 is 0.971 bits per heavy atom. The largest absolute Gasteiger partial charge is 0.337 e. The molecule has 0 radical (unpaired) electrons. The Hall–Kier alpha value is -3.24. The lowest BCUT2D eigenvalue weighted by Gasteiger charge is -2.36. The van der Waals surface area contributed by atoms with Crippen molar-refractivity contribution in [1.82, 2.24) is 19.9 Å². The summed E-state index contributed by atoms with van der Waals surface area (Å²) in [5.74, 6) is 1.26. The summed E-state index contributed by atoms with van der Waals surface area (Å²) in [7, 11) is -3.23. The lowest BCUT2D eigenvalue weighted by Crippen LogP contribution is -2.49. The van der Waals surface area contributed by atoms with Gasteiger partial charge in [0.05, 0.1) is 17.5 Å². The number of carbonyl (C=O) groups excluding carboxylic acids is 1. The first-order valence-electron chi connectivity index (χ1n) is 11.9. The Morgan fingerprint density at radius 2 is 1.66 bits per heavy atom. The van der Waals surface area contributed by atoms with Crippen molar-refractivity contribution in [3.63, 3.8) is 0 Å². The Labute approximate surface area is 205 Å². The van der Waals surface area contributed by atoms with Crippen LogP contribution in [0.3, 0.4) is 0 Å². The molecule has 1 unspecified atom stereocenters. The third-order valence-corrected chi connectivity index (χ3v) is 8.63. The van der Waals surface area contributed by atoms with E-state index in [1.165, 1.54) is 9.87 Å². The van der Waals surface area contributed by atoms with Crippen LogP contribution in [0.1, 0.15) is 41.2 Å². The van der Waals surface area contributed by atoms with Crippen LogP contribution in [0.5, 0.6) is 0 Å². The molecule has 3 aromatic rings. The maximum Gasteiger partial charge on any atom is 0.253 e. The zero-order chi connectivity index (χ0) is 24.6. The molecule has 0 spiro atoms. The molecule has 2 aromatic carbocycles. The predicted octanol–water partition coefficient (Wildman–Crippen LogP) is 3.10. The molecule has 5 rings (SSSR count). The number of sulfonamides is 1. The molecular formula is C25H29N5O4S. The normalized spacial score (nSPS) is 19.1. The van der Waals surface area contributed by atoms with Crippen molar-refractivity contribution < 1.29 is 17.7 Å². The van der Waals surface area contributed by atoms with Crippen LogP contribution in [0.25, 0.3) is 11.4 Å². The van der Waals surface area contributed by atoms with E-state index < -0.39 is 10.0 Å². The van der Waals surface area contributed by atoms with Crippen LogP contribution in [-0.2, 0) is 10.0 Å². The number of hydrogen-bond acceptors (Lipinski definition) is 7. The molecule has 0 saturated carbocycles. The van der Waals surface area contributed by atoms with Crippen LogP contribution >= 0.6 is 0 Å². The molecule has 0 N–H and O–H groups in total. The van der Waals surface area contributed by atoms with Gasteiger partial charge in [-0.2, -0.15) is 4.98 Å². The van der Waals surface area contributed by atoms with Gasteiger partial charge in [-0.1, -0.05) is 35.0 Å². The van der Waals surface area contributed by atoms with Crippen molar-refractivity contribution in [2.45, 2.75) is 26.3 Å². The Balaban J connectivity index is 1.19. The van der Waals surface area contributed by atoms with Gasteiger partial charge in [0.25, 0.3) is 5.91 Å². The molecule has 1 aromatic heterocycles. The van der Waals surface area contributed by atoms with E-state index in [1.807, 2.05) is 43.0 Å². The fourth-order valence-electron chi connectivity index (χ4n) is 4.58. The van der Waals surface area contributed by atoms with E-state index in [0.717, 1.165) is 5.56 Å². The Bertz CT molecular complexity index is 1300. The van der Waals surface area contributed by atoms with Gasteiger partial charge in [0.15, 0.2) is 0 Å². The highest BCUT2D eigenvalue weighted by molar-refractivity contribution is 7.93. The number of aryl methyl sites for hydroxylation is 1. The van der Waals surface area contributed by atoms with E-state index in [9.17, 15) is 13.2 Å². The summed E-state index contributed by atoms with van der Waals surface area (Å²) in [5, 5.41) is 4.14. The Morgan fingerprint density at radius 3 is 2.29 bits per heavy atom. The molecule has 35 heavy (non-hydrogen) atoms. The summed E-state index contributed by atoms with van der Waals surface area (Å²) in [4.78, 5) is 21.7. The zero-order valence-electron chi connectivity index (χ0n) is 19.9. The van der Waals surface area contributed by atoms with Crippen molar-refractivity contribution in [1.29, 1.82) is 0 Å². The minimum absolute atomic E-state index is 0.0485. The number of rotatable bonds is 5. The number of anilines is 1. The molecule has 2 fully saturated rings. The van der Waals surface area contributed by atoms with E-state index in [-0.39, 0.29) is 17.7 Å². The second-order valence-electron chi connectivity index (χ2n) is 9.11. The molecule has 1 atom stereocenters. The van der Waals surface area contributed by atoms with Crippen molar-refractivity contribution in [3.05, 3.63) is 65.5 Å². The molecule has 2 aliphatic rings. The first-order valence-corrected chi connectivity index (χ1v) is 13.5. The predicted molar refractivity (Wildman–Crippen MR) is 133 cm³/mol. The molecule has 1 amide bonds. The first kappa shape index (κ1) is 23.5. The highest BCUT2D eigenvalue weighted by Gasteiger charge is 2.30. The molecule has 2 aliphatic heterocycles. The van der Waals surface area contributed by atoms with E-state index in [1.54, 1.807) is 24.3 Å². The number of amides is 1.